The van der Waals surface area contributed by atoms with Crippen molar-refractivity contribution >= 4 is 13.8 Å². The molecule has 0 radical (unpaired) electrons. The highest BCUT2D eigenvalue weighted by Crippen LogP contribution is 2.43. The van der Waals surface area contributed by atoms with Crippen LogP contribution in [0.4, 0.5) is 0 Å². The van der Waals surface area contributed by atoms with Gasteiger partial charge in [0, 0.05) is 19.6 Å². The van der Waals surface area contributed by atoms with Gasteiger partial charge in [0.2, 0.25) is 0 Å². The van der Waals surface area contributed by atoms with Gasteiger partial charge in [-0.2, -0.15) is 0 Å². The molecule has 48 heavy (non-hydrogen) atoms. The summed E-state index contributed by atoms with van der Waals surface area (Å²) in [6, 6.07) is 0. The lowest BCUT2D eigenvalue weighted by atomic mass is 10.0. The van der Waals surface area contributed by atoms with Gasteiger partial charge in [-0.05, 0) is 38.5 Å². The molecule has 0 aromatic rings. The topological polar surface area (TPSA) is 117 Å². The van der Waals surface area contributed by atoms with Crippen molar-refractivity contribution in [2.24, 2.45) is 5.73 Å². The number of carbonyl (C=O) groups excluding carboxylic acids is 1. The first-order valence-corrected chi connectivity index (χ1v) is 21.3. The van der Waals surface area contributed by atoms with Crippen LogP contribution in [0.5, 0.6) is 0 Å². The van der Waals surface area contributed by atoms with Crippen molar-refractivity contribution in [3.05, 3.63) is 24.3 Å². The van der Waals surface area contributed by atoms with Gasteiger partial charge in [-0.1, -0.05) is 160 Å². The Bertz CT molecular complexity index is 792. The van der Waals surface area contributed by atoms with Crippen LogP contribution in [0.3, 0.4) is 0 Å². The molecule has 0 heterocycles. The van der Waals surface area contributed by atoms with E-state index >= 15 is 0 Å². The summed E-state index contributed by atoms with van der Waals surface area (Å²) >= 11 is 0. The van der Waals surface area contributed by atoms with Gasteiger partial charge < -0.3 is 20.1 Å². The van der Waals surface area contributed by atoms with Crippen molar-refractivity contribution < 1.29 is 32.8 Å². The number of hydrogen-bond acceptors (Lipinski definition) is 7. The minimum atomic E-state index is -4.27. The van der Waals surface area contributed by atoms with Crippen molar-refractivity contribution in [3.63, 3.8) is 0 Å². The standard InChI is InChI=1S/C39H76NO7P/c1-3-5-7-9-11-13-15-17-19-21-23-25-27-29-31-34-44-36-38(37-46-48(42,43)45-35-33-40)47-39(41)32-30-28-26-24-22-20-18-16-14-12-10-8-6-4-2/h9,11,15,17,38H,3-8,10,12-14,16,18-37,40H2,1-2H3,(H,42,43)/b11-9-,17-15-. The Morgan fingerprint density at radius 2 is 1.12 bits per heavy atom. The van der Waals surface area contributed by atoms with Crippen molar-refractivity contribution in [1.29, 1.82) is 0 Å². The predicted molar refractivity (Wildman–Crippen MR) is 201 cm³/mol. The Morgan fingerprint density at radius 1 is 0.625 bits per heavy atom. The summed E-state index contributed by atoms with van der Waals surface area (Å²) in [5.41, 5.74) is 5.35. The largest absolute Gasteiger partial charge is 0.472 e. The summed E-state index contributed by atoms with van der Waals surface area (Å²) < 4.78 is 33.3. The van der Waals surface area contributed by atoms with Gasteiger partial charge in [0.15, 0.2) is 0 Å². The van der Waals surface area contributed by atoms with Crippen molar-refractivity contribution in [1.82, 2.24) is 0 Å². The van der Waals surface area contributed by atoms with Gasteiger partial charge in [0.25, 0.3) is 0 Å². The monoisotopic (exact) mass is 702 g/mol. The maximum absolute atomic E-state index is 12.5. The van der Waals surface area contributed by atoms with E-state index in [1.807, 2.05) is 0 Å². The first-order chi connectivity index (χ1) is 23.4. The first kappa shape index (κ1) is 47.0. The van der Waals surface area contributed by atoms with Crippen LogP contribution in [-0.4, -0.2) is 49.9 Å². The molecule has 2 unspecified atom stereocenters. The highest BCUT2D eigenvalue weighted by atomic mass is 31.2. The zero-order valence-electron chi connectivity index (χ0n) is 31.2. The average Bonchev–Trinajstić information content (AvgIpc) is 3.07. The number of hydrogen-bond donors (Lipinski definition) is 2. The van der Waals surface area contributed by atoms with Crippen LogP contribution >= 0.6 is 7.82 Å². The van der Waals surface area contributed by atoms with Crippen molar-refractivity contribution in [2.45, 2.75) is 187 Å². The highest BCUT2D eigenvalue weighted by molar-refractivity contribution is 7.47. The number of carbonyl (C=O) groups is 1. The number of rotatable bonds is 38. The molecule has 0 saturated carbocycles. The zero-order chi connectivity index (χ0) is 35.2. The van der Waals surface area contributed by atoms with E-state index < -0.39 is 13.9 Å². The molecule has 284 valence electrons. The number of allylic oxidation sites excluding steroid dienone is 4. The molecule has 0 aliphatic heterocycles. The highest BCUT2D eigenvalue weighted by Gasteiger charge is 2.25. The molecule has 8 nitrogen and oxygen atoms in total. The first-order valence-electron chi connectivity index (χ1n) is 19.8. The minimum absolute atomic E-state index is 0.0959. The van der Waals surface area contributed by atoms with E-state index in [0.29, 0.717) is 13.0 Å². The lowest BCUT2D eigenvalue weighted by molar-refractivity contribution is -0.154. The molecule has 0 aromatic carbocycles. The van der Waals surface area contributed by atoms with E-state index in [0.717, 1.165) is 44.9 Å². The quantitative estimate of drug-likeness (QED) is 0.0283. The number of ether oxygens (including phenoxy) is 2. The fourth-order valence-electron chi connectivity index (χ4n) is 5.42. The number of unbranched alkanes of at least 4 members (excludes halogenated alkanes) is 21. The maximum atomic E-state index is 12.5. The summed E-state index contributed by atoms with van der Waals surface area (Å²) in [5.74, 6) is -0.333. The predicted octanol–water partition coefficient (Wildman–Crippen LogP) is 11.3. The van der Waals surface area contributed by atoms with Crippen molar-refractivity contribution in [3.8, 4) is 0 Å². The fraction of sp³-hybridized carbons (Fsp3) is 0.872. The van der Waals surface area contributed by atoms with Gasteiger partial charge in [-0.25, -0.2) is 4.57 Å². The molecule has 0 rings (SSSR count). The third-order valence-corrected chi connectivity index (χ3v) is 9.36. The molecular formula is C39H76NO7P. The van der Waals surface area contributed by atoms with Gasteiger partial charge in [-0.15, -0.1) is 0 Å². The molecule has 0 spiro atoms. The van der Waals surface area contributed by atoms with Crippen LogP contribution in [-0.2, 0) is 27.9 Å². The number of nitrogens with two attached hydrogens (primary N) is 1. The third-order valence-electron chi connectivity index (χ3n) is 8.37. The van der Waals surface area contributed by atoms with Gasteiger partial charge in [-0.3, -0.25) is 13.8 Å². The van der Waals surface area contributed by atoms with Crippen LogP contribution in [0, 0.1) is 0 Å². The Balaban J connectivity index is 4.07. The molecular weight excluding hydrogens is 625 g/mol. The zero-order valence-corrected chi connectivity index (χ0v) is 32.1. The Morgan fingerprint density at radius 3 is 1.69 bits per heavy atom. The van der Waals surface area contributed by atoms with Crippen LogP contribution in [0.1, 0.15) is 181 Å². The minimum Gasteiger partial charge on any atom is -0.457 e. The third kappa shape index (κ3) is 36.3. The van der Waals surface area contributed by atoms with E-state index in [2.05, 4.69) is 38.2 Å². The molecule has 0 aliphatic carbocycles. The molecule has 0 saturated heterocycles. The van der Waals surface area contributed by atoms with Crippen molar-refractivity contribution in [2.75, 3.05) is 33.0 Å². The summed E-state index contributed by atoms with van der Waals surface area (Å²) in [5, 5.41) is 0. The molecule has 9 heteroatoms. The molecule has 0 amide bonds. The lowest BCUT2D eigenvalue weighted by Crippen LogP contribution is -2.28. The van der Waals surface area contributed by atoms with Crippen LogP contribution in [0.25, 0.3) is 0 Å². The molecule has 0 aliphatic rings. The number of esters is 1. The van der Waals surface area contributed by atoms with Crippen LogP contribution < -0.4 is 5.73 Å². The van der Waals surface area contributed by atoms with Gasteiger partial charge in [0.05, 0.1) is 19.8 Å². The molecule has 0 aromatic heterocycles. The lowest BCUT2D eigenvalue weighted by Gasteiger charge is -2.20. The number of phosphoric ester groups is 1. The summed E-state index contributed by atoms with van der Waals surface area (Å²) in [4.78, 5) is 22.4. The van der Waals surface area contributed by atoms with E-state index in [9.17, 15) is 14.3 Å². The summed E-state index contributed by atoms with van der Waals surface area (Å²) in [7, 11) is -4.27. The summed E-state index contributed by atoms with van der Waals surface area (Å²) in [6.07, 6.45) is 39.0. The molecule has 3 N–H and O–H groups in total. The fourth-order valence-corrected chi connectivity index (χ4v) is 6.19. The second-order valence-electron chi connectivity index (χ2n) is 13.1. The van der Waals surface area contributed by atoms with E-state index in [4.69, 9.17) is 24.3 Å². The second-order valence-corrected chi connectivity index (χ2v) is 14.6. The smallest absolute Gasteiger partial charge is 0.457 e. The van der Waals surface area contributed by atoms with Crippen LogP contribution in [0.15, 0.2) is 24.3 Å². The molecule has 0 bridgehead atoms. The Hall–Kier alpha value is -1.02. The van der Waals surface area contributed by atoms with Gasteiger partial charge in [0.1, 0.15) is 6.10 Å². The van der Waals surface area contributed by atoms with E-state index in [1.165, 1.54) is 116 Å². The number of phosphoric acid groups is 1. The summed E-state index contributed by atoms with van der Waals surface area (Å²) in [6.45, 7) is 4.87. The molecule has 2 atom stereocenters. The molecule has 0 fully saturated rings. The average molecular weight is 702 g/mol. The van der Waals surface area contributed by atoms with E-state index in [1.54, 1.807) is 0 Å². The maximum Gasteiger partial charge on any atom is 0.472 e. The second kappa shape index (κ2) is 37.2. The Kier molecular flexibility index (Phi) is 36.4. The Labute approximate surface area is 296 Å². The normalized spacial score (nSPS) is 13.8. The van der Waals surface area contributed by atoms with E-state index in [-0.39, 0.29) is 32.3 Å². The van der Waals surface area contributed by atoms with Crippen LogP contribution in [0.2, 0.25) is 0 Å². The van der Waals surface area contributed by atoms with Gasteiger partial charge >= 0.3 is 13.8 Å². The SMILES string of the molecule is CCCC/C=C\C/C=C\CCCCCCCCOCC(COP(=O)(O)OCCN)OC(=O)CCCCCCCCCCCCCCCC.